The van der Waals surface area contributed by atoms with Crippen molar-refractivity contribution in [2.45, 2.75) is 38.1 Å². The predicted molar refractivity (Wildman–Crippen MR) is 139 cm³/mol. The van der Waals surface area contributed by atoms with Crippen molar-refractivity contribution in [2.24, 2.45) is 0 Å². The van der Waals surface area contributed by atoms with Crippen molar-refractivity contribution in [2.75, 3.05) is 23.2 Å². The molecule has 1 N–H and O–H groups in total. The van der Waals surface area contributed by atoms with Crippen LogP contribution in [0.2, 0.25) is 0 Å². The van der Waals surface area contributed by atoms with Crippen molar-refractivity contribution in [1.29, 1.82) is 0 Å². The number of para-hydroxylation sites is 1. The van der Waals surface area contributed by atoms with Gasteiger partial charge in [0.2, 0.25) is 5.91 Å². The van der Waals surface area contributed by atoms with Crippen LogP contribution < -0.4 is 9.62 Å². The fourth-order valence-electron chi connectivity index (χ4n) is 3.63. The molecule has 35 heavy (non-hydrogen) atoms. The van der Waals surface area contributed by atoms with Crippen molar-refractivity contribution in [3.05, 3.63) is 90.0 Å². The summed E-state index contributed by atoms with van der Waals surface area (Å²) in [5.74, 6) is -0.724. The third-order valence-corrected chi connectivity index (χ3v) is 7.53. The maximum absolute atomic E-state index is 13.4. The van der Waals surface area contributed by atoms with Gasteiger partial charge in [0.05, 0.1) is 10.6 Å². The molecular formula is C27H31N3O4S. The number of rotatable bonds is 9. The molecule has 3 aromatic carbocycles. The molecule has 0 aliphatic rings. The lowest BCUT2D eigenvalue weighted by atomic mass is 10.1. The van der Waals surface area contributed by atoms with Crippen LogP contribution >= 0.6 is 0 Å². The summed E-state index contributed by atoms with van der Waals surface area (Å²) in [6.07, 6.45) is 0.642. The van der Waals surface area contributed by atoms with E-state index in [0.717, 1.165) is 5.56 Å². The molecule has 0 saturated carbocycles. The first kappa shape index (κ1) is 26.0. The Hall–Kier alpha value is -3.65. The Labute approximate surface area is 207 Å². The molecule has 1 atom stereocenters. The number of benzene rings is 3. The summed E-state index contributed by atoms with van der Waals surface area (Å²) in [6.45, 7) is 5.86. The number of hydrogen-bond acceptors (Lipinski definition) is 4. The van der Waals surface area contributed by atoms with Crippen molar-refractivity contribution >= 4 is 33.2 Å². The molecule has 0 aliphatic heterocycles. The number of nitrogens with one attached hydrogen (secondary N) is 1. The maximum Gasteiger partial charge on any atom is 0.264 e. The Morgan fingerprint density at radius 1 is 0.943 bits per heavy atom. The molecule has 7 nitrogen and oxygen atoms in total. The summed E-state index contributed by atoms with van der Waals surface area (Å²) >= 11 is 0. The highest BCUT2D eigenvalue weighted by Gasteiger charge is 2.28. The average Bonchev–Trinajstić information content (AvgIpc) is 2.87. The fraction of sp³-hybridized carbons (Fsp3) is 0.259. The van der Waals surface area contributed by atoms with Crippen LogP contribution in [0.25, 0.3) is 0 Å². The lowest BCUT2D eigenvalue weighted by Gasteiger charge is -2.28. The van der Waals surface area contributed by atoms with Gasteiger partial charge in [-0.05, 0) is 62.7 Å². The fourth-order valence-corrected chi connectivity index (χ4v) is 4.87. The Kier molecular flexibility index (Phi) is 8.30. The van der Waals surface area contributed by atoms with Gasteiger partial charge in [-0.25, -0.2) is 8.42 Å². The van der Waals surface area contributed by atoms with E-state index in [9.17, 15) is 18.0 Å². The molecule has 2 amide bonds. The highest BCUT2D eigenvalue weighted by molar-refractivity contribution is 7.92. The normalized spacial score (nSPS) is 12.0. The number of sulfonamides is 1. The zero-order valence-corrected chi connectivity index (χ0v) is 21.2. The van der Waals surface area contributed by atoms with E-state index in [1.807, 2.05) is 44.2 Å². The second kappa shape index (κ2) is 11.2. The predicted octanol–water partition coefficient (Wildman–Crippen LogP) is 4.70. The molecule has 8 heteroatoms. The molecule has 3 rings (SSSR count). The third-order valence-electron chi connectivity index (χ3n) is 5.75. The Bertz CT molecular complexity index is 1280. The summed E-state index contributed by atoms with van der Waals surface area (Å²) in [5.41, 5.74) is 2.39. The second-order valence-electron chi connectivity index (χ2n) is 8.37. The molecular weight excluding hydrogens is 462 g/mol. The molecule has 3 aromatic rings. The van der Waals surface area contributed by atoms with Crippen LogP contribution in [0.4, 0.5) is 11.4 Å². The SMILES string of the molecule is CCCN(C(=O)c1cccc(S(=O)(=O)N(C)c2ccc(C)cc2)c1)C(C)C(=O)Nc1ccccc1. The van der Waals surface area contributed by atoms with Gasteiger partial charge in [0.15, 0.2) is 0 Å². The van der Waals surface area contributed by atoms with E-state index in [2.05, 4.69) is 5.32 Å². The number of nitrogens with zero attached hydrogens (tertiary/aromatic N) is 2. The third kappa shape index (κ3) is 6.08. The first-order valence-corrected chi connectivity index (χ1v) is 12.9. The van der Waals surface area contributed by atoms with Crippen LogP contribution in [0.1, 0.15) is 36.2 Å². The first-order chi connectivity index (χ1) is 16.6. The van der Waals surface area contributed by atoms with Crippen molar-refractivity contribution < 1.29 is 18.0 Å². The van der Waals surface area contributed by atoms with Gasteiger partial charge in [0.25, 0.3) is 15.9 Å². The van der Waals surface area contributed by atoms with Gasteiger partial charge in [-0.2, -0.15) is 0 Å². The molecule has 0 aliphatic carbocycles. The van der Waals surface area contributed by atoms with Gasteiger partial charge in [-0.1, -0.05) is 48.9 Å². The van der Waals surface area contributed by atoms with Gasteiger partial charge in [0.1, 0.15) is 6.04 Å². The standard InChI is InChI=1S/C27H31N3O4S/c1-5-18-30(21(3)26(31)28-23-11-7-6-8-12-23)27(32)22-10-9-13-25(19-22)35(33,34)29(4)24-16-14-20(2)15-17-24/h6-17,19,21H,5,18H2,1-4H3,(H,28,31). The van der Waals surface area contributed by atoms with Gasteiger partial charge in [-0.15, -0.1) is 0 Å². The molecule has 0 heterocycles. The molecule has 0 bridgehead atoms. The van der Waals surface area contributed by atoms with E-state index in [0.29, 0.717) is 24.3 Å². The van der Waals surface area contributed by atoms with Gasteiger partial charge in [-0.3, -0.25) is 13.9 Å². The van der Waals surface area contributed by atoms with E-state index < -0.39 is 22.0 Å². The van der Waals surface area contributed by atoms with Crippen LogP contribution in [0, 0.1) is 6.92 Å². The van der Waals surface area contributed by atoms with Crippen molar-refractivity contribution in [3.8, 4) is 0 Å². The maximum atomic E-state index is 13.4. The number of carbonyl (C=O) groups excluding carboxylic acids is 2. The minimum atomic E-state index is -3.89. The van der Waals surface area contributed by atoms with Crippen LogP contribution in [-0.4, -0.2) is 44.8 Å². The van der Waals surface area contributed by atoms with Gasteiger partial charge in [0, 0.05) is 24.8 Å². The van der Waals surface area contributed by atoms with Crippen LogP contribution in [-0.2, 0) is 14.8 Å². The molecule has 0 aromatic heterocycles. The minimum Gasteiger partial charge on any atom is -0.327 e. The highest BCUT2D eigenvalue weighted by Crippen LogP contribution is 2.24. The molecule has 184 valence electrons. The smallest absolute Gasteiger partial charge is 0.264 e. The lowest BCUT2D eigenvalue weighted by Crippen LogP contribution is -2.46. The average molecular weight is 494 g/mol. The second-order valence-corrected chi connectivity index (χ2v) is 10.3. The van der Waals surface area contributed by atoms with E-state index in [4.69, 9.17) is 0 Å². The van der Waals surface area contributed by atoms with Crippen LogP contribution in [0.5, 0.6) is 0 Å². The molecule has 0 radical (unpaired) electrons. The Morgan fingerprint density at radius 2 is 1.60 bits per heavy atom. The summed E-state index contributed by atoms with van der Waals surface area (Å²) < 4.78 is 27.7. The number of aryl methyl sites for hydroxylation is 1. The summed E-state index contributed by atoms with van der Waals surface area (Å²) in [5, 5.41) is 2.82. The highest BCUT2D eigenvalue weighted by atomic mass is 32.2. The van der Waals surface area contributed by atoms with Gasteiger partial charge < -0.3 is 10.2 Å². The molecule has 0 spiro atoms. The lowest BCUT2D eigenvalue weighted by molar-refractivity contribution is -0.120. The quantitative estimate of drug-likeness (QED) is 0.468. The molecule has 0 saturated heterocycles. The zero-order chi connectivity index (χ0) is 25.6. The van der Waals surface area contributed by atoms with E-state index >= 15 is 0 Å². The summed E-state index contributed by atoms with van der Waals surface area (Å²) in [6, 6.07) is 21.4. The topological polar surface area (TPSA) is 86.8 Å². The number of carbonyl (C=O) groups is 2. The molecule has 1 unspecified atom stereocenters. The monoisotopic (exact) mass is 493 g/mol. The van der Waals surface area contributed by atoms with E-state index in [1.54, 1.807) is 43.3 Å². The minimum absolute atomic E-state index is 0.00395. The van der Waals surface area contributed by atoms with E-state index in [1.165, 1.54) is 28.4 Å². The van der Waals surface area contributed by atoms with Crippen LogP contribution in [0.15, 0.2) is 83.8 Å². The Morgan fingerprint density at radius 3 is 2.23 bits per heavy atom. The largest absolute Gasteiger partial charge is 0.327 e. The van der Waals surface area contributed by atoms with Crippen molar-refractivity contribution in [3.63, 3.8) is 0 Å². The van der Waals surface area contributed by atoms with Crippen LogP contribution in [0.3, 0.4) is 0 Å². The Balaban J connectivity index is 1.85. The van der Waals surface area contributed by atoms with Crippen molar-refractivity contribution in [1.82, 2.24) is 4.90 Å². The molecule has 0 fully saturated rings. The summed E-state index contributed by atoms with van der Waals surface area (Å²) in [7, 11) is -2.41. The number of anilines is 2. The zero-order valence-electron chi connectivity index (χ0n) is 20.4. The van der Waals surface area contributed by atoms with Gasteiger partial charge >= 0.3 is 0 Å². The van der Waals surface area contributed by atoms with E-state index in [-0.39, 0.29) is 16.4 Å². The number of hydrogen-bond donors (Lipinski definition) is 1. The summed E-state index contributed by atoms with van der Waals surface area (Å²) in [4.78, 5) is 27.8. The number of amides is 2. The first-order valence-electron chi connectivity index (χ1n) is 11.5.